The number of hydrogen-bond donors (Lipinski definition) is 1. The van der Waals surface area contributed by atoms with Gasteiger partial charge in [0, 0.05) is 0 Å². The molecular formula is C19H20B3F3O7S. The van der Waals surface area contributed by atoms with Gasteiger partial charge in [-0.05, 0) is 24.0 Å². The lowest BCUT2D eigenvalue weighted by Crippen LogP contribution is -2.42. The van der Waals surface area contributed by atoms with E-state index < -0.39 is 51.9 Å². The lowest BCUT2D eigenvalue weighted by Gasteiger charge is -2.24. The molecule has 1 aromatic rings. The highest BCUT2D eigenvalue weighted by Crippen LogP contribution is 2.37. The number of alkyl halides is 3. The summed E-state index contributed by atoms with van der Waals surface area (Å²) in [5.41, 5.74) is 1.58. The maximum Gasteiger partial charge on any atom is 0.426 e. The van der Waals surface area contributed by atoms with Crippen LogP contribution in [0.3, 0.4) is 0 Å². The second kappa shape index (κ2) is 11.0. The largest absolute Gasteiger partial charge is 0.451 e. The Balaban J connectivity index is 2.23. The van der Waals surface area contributed by atoms with Crippen LogP contribution in [0, 0.1) is 11.8 Å². The minimum absolute atomic E-state index is 0.0114. The summed E-state index contributed by atoms with van der Waals surface area (Å²) >= 11 is 0. The fraction of sp³-hybridized carbons (Fsp3) is 0.579. The summed E-state index contributed by atoms with van der Waals surface area (Å²) in [6.45, 7) is 0. The van der Waals surface area contributed by atoms with Crippen molar-refractivity contribution in [3.8, 4) is 5.75 Å². The van der Waals surface area contributed by atoms with Gasteiger partial charge in [-0.15, -0.1) is 0 Å². The summed E-state index contributed by atoms with van der Waals surface area (Å²) in [4.78, 5) is 25.3. The molecule has 1 aromatic carbocycles. The SMILES string of the molecule is [B]Cc1cc(C[B])c(OC(=O)C2CCCC2C(=O)OC(CS(=O)(=O)O)C(F)(F)F)c(C[B])c1. The van der Waals surface area contributed by atoms with Gasteiger partial charge >= 0.3 is 18.1 Å². The van der Waals surface area contributed by atoms with Crippen LogP contribution in [0.15, 0.2) is 12.1 Å². The number of carbonyl (C=O) groups excluding carboxylic acids is 2. The van der Waals surface area contributed by atoms with Crippen LogP contribution < -0.4 is 4.74 Å². The molecule has 33 heavy (non-hydrogen) atoms. The maximum atomic E-state index is 13.1. The minimum Gasteiger partial charge on any atom is -0.451 e. The van der Waals surface area contributed by atoms with Gasteiger partial charge in [0.15, 0.2) is 0 Å². The van der Waals surface area contributed by atoms with E-state index in [0.717, 1.165) is 0 Å². The zero-order chi connectivity index (χ0) is 25.0. The number of benzene rings is 1. The van der Waals surface area contributed by atoms with Gasteiger partial charge in [0.05, 0.1) is 35.4 Å². The average Bonchev–Trinajstić information content (AvgIpc) is 3.21. The number of halogens is 3. The van der Waals surface area contributed by atoms with Crippen molar-refractivity contribution in [2.75, 3.05) is 5.75 Å². The lowest BCUT2D eigenvalue weighted by atomic mass is 9.85. The van der Waals surface area contributed by atoms with Crippen molar-refractivity contribution < 1.29 is 45.2 Å². The third-order valence-corrected chi connectivity index (χ3v) is 6.01. The molecular weight excluding hydrogens is 462 g/mol. The Hall–Kier alpha value is -1.95. The van der Waals surface area contributed by atoms with Crippen LogP contribution in [0.1, 0.15) is 36.0 Å². The molecule has 0 heterocycles. The van der Waals surface area contributed by atoms with Crippen molar-refractivity contribution in [1.29, 1.82) is 0 Å². The van der Waals surface area contributed by atoms with Gasteiger partial charge in [0.1, 0.15) is 11.5 Å². The Bertz CT molecular complexity index is 960. The van der Waals surface area contributed by atoms with Gasteiger partial charge in [0.2, 0.25) is 6.10 Å². The fourth-order valence-corrected chi connectivity index (χ4v) is 4.33. The molecule has 14 heteroatoms. The molecule has 6 radical (unpaired) electrons. The Morgan fingerprint density at radius 3 is 1.97 bits per heavy atom. The molecule has 0 spiro atoms. The van der Waals surface area contributed by atoms with Gasteiger partial charge in [0.25, 0.3) is 10.1 Å². The molecule has 0 aromatic heterocycles. The van der Waals surface area contributed by atoms with Crippen LogP contribution in [-0.4, -0.2) is 66.5 Å². The molecule has 2 rings (SSSR count). The highest BCUT2D eigenvalue weighted by molar-refractivity contribution is 7.85. The van der Waals surface area contributed by atoms with E-state index in [0.29, 0.717) is 23.1 Å². The highest BCUT2D eigenvalue weighted by atomic mass is 32.2. The normalized spacial score (nSPS) is 19.8. The molecule has 3 atom stereocenters. The monoisotopic (exact) mass is 482 g/mol. The van der Waals surface area contributed by atoms with Crippen molar-refractivity contribution in [2.45, 2.75) is 50.5 Å². The third-order valence-electron chi connectivity index (χ3n) is 5.29. The van der Waals surface area contributed by atoms with Crippen molar-refractivity contribution >= 4 is 45.6 Å². The van der Waals surface area contributed by atoms with Gasteiger partial charge in [-0.25, -0.2) is 0 Å². The Morgan fingerprint density at radius 2 is 1.55 bits per heavy atom. The van der Waals surface area contributed by atoms with E-state index in [9.17, 15) is 31.2 Å². The molecule has 0 amide bonds. The molecule has 1 fully saturated rings. The molecule has 0 aliphatic heterocycles. The number of carbonyl (C=O) groups is 2. The van der Waals surface area contributed by atoms with Crippen LogP contribution >= 0.6 is 0 Å². The van der Waals surface area contributed by atoms with Gasteiger partial charge in [-0.1, -0.05) is 43.1 Å². The molecule has 3 unspecified atom stereocenters. The molecule has 1 N–H and O–H groups in total. The van der Waals surface area contributed by atoms with E-state index in [1.165, 1.54) is 0 Å². The van der Waals surface area contributed by atoms with E-state index in [1.807, 2.05) is 0 Å². The topological polar surface area (TPSA) is 107 Å². The van der Waals surface area contributed by atoms with Crippen LogP contribution in [0.2, 0.25) is 0 Å². The summed E-state index contributed by atoms with van der Waals surface area (Å²) in [7, 11) is 12.0. The molecule has 0 bridgehead atoms. The quantitative estimate of drug-likeness (QED) is 0.246. The smallest absolute Gasteiger partial charge is 0.426 e. The summed E-state index contributed by atoms with van der Waals surface area (Å²) in [5, 5.41) is 0. The number of hydrogen-bond acceptors (Lipinski definition) is 6. The Morgan fingerprint density at radius 1 is 1.03 bits per heavy atom. The first kappa shape index (κ1) is 27.3. The predicted octanol–water partition coefficient (Wildman–Crippen LogP) is 1.38. The number of rotatable bonds is 9. The van der Waals surface area contributed by atoms with Crippen LogP contribution in [0.4, 0.5) is 13.2 Å². The molecule has 1 aliphatic rings. The molecule has 174 valence electrons. The molecule has 1 aliphatic carbocycles. The van der Waals surface area contributed by atoms with E-state index >= 15 is 0 Å². The predicted molar refractivity (Wildman–Crippen MR) is 114 cm³/mol. The number of esters is 2. The van der Waals surface area contributed by atoms with E-state index in [4.69, 9.17) is 32.8 Å². The Labute approximate surface area is 193 Å². The van der Waals surface area contributed by atoms with E-state index in [2.05, 4.69) is 4.74 Å². The average molecular weight is 482 g/mol. The van der Waals surface area contributed by atoms with Crippen molar-refractivity contribution in [3.05, 3.63) is 28.8 Å². The highest BCUT2D eigenvalue weighted by Gasteiger charge is 2.48. The Kier molecular flexibility index (Phi) is 9.09. The molecule has 7 nitrogen and oxygen atoms in total. The first-order chi connectivity index (χ1) is 15.3. The van der Waals surface area contributed by atoms with Crippen LogP contribution in [0.25, 0.3) is 0 Å². The van der Waals surface area contributed by atoms with Gasteiger partial charge < -0.3 is 9.47 Å². The second-order valence-corrected chi connectivity index (χ2v) is 9.13. The summed E-state index contributed by atoms with van der Waals surface area (Å²) in [6.07, 6.45) is -7.64. The molecule has 1 saturated carbocycles. The van der Waals surface area contributed by atoms with Crippen LogP contribution in [-0.2, 0) is 43.4 Å². The van der Waals surface area contributed by atoms with Crippen molar-refractivity contribution in [2.24, 2.45) is 11.8 Å². The van der Waals surface area contributed by atoms with E-state index in [-0.39, 0.29) is 37.6 Å². The third kappa shape index (κ3) is 7.27. The first-order valence-electron chi connectivity index (χ1n) is 9.99. The van der Waals surface area contributed by atoms with Gasteiger partial charge in [-0.3, -0.25) is 14.1 Å². The number of ether oxygens (including phenoxy) is 2. The minimum atomic E-state index is -5.24. The standard InChI is InChI=1S/C19H20B3F3O7S/c20-6-10-4-11(7-21)16(12(5-10)8-22)32-18(27)14-3-1-2-13(14)17(26)31-15(19(23,24)25)9-33(28,29)30/h4-5,13-15H,1-3,6-9H2,(H,28,29,30). The fourth-order valence-electron chi connectivity index (χ4n) is 3.69. The zero-order valence-corrected chi connectivity index (χ0v) is 18.3. The van der Waals surface area contributed by atoms with Gasteiger partial charge in [-0.2, -0.15) is 21.6 Å². The summed E-state index contributed by atoms with van der Waals surface area (Å²) < 4.78 is 79.6. The second-order valence-electron chi connectivity index (χ2n) is 7.64. The van der Waals surface area contributed by atoms with Crippen LogP contribution in [0.5, 0.6) is 5.75 Å². The van der Waals surface area contributed by atoms with E-state index in [1.54, 1.807) is 12.1 Å². The zero-order valence-electron chi connectivity index (χ0n) is 17.5. The van der Waals surface area contributed by atoms with Crippen molar-refractivity contribution in [3.63, 3.8) is 0 Å². The maximum absolute atomic E-state index is 13.1. The molecule has 0 saturated heterocycles. The first-order valence-corrected chi connectivity index (χ1v) is 11.6. The summed E-state index contributed by atoms with van der Waals surface area (Å²) in [5.74, 6) is -6.44. The van der Waals surface area contributed by atoms with Crippen molar-refractivity contribution in [1.82, 2.24) is 0 Å². The lowest BCUT2D eigenvalue weighted by molar-refractivity contribution is -0.218. The summed E-state index contributed by atoms with van der Waals surface area (Å²) in [6, 6.07) is 3.26.